The quantitative estimate of drug-likeness (QED) is 0.940. The topological polar surface area (TPSA) is 69.6 Å². The van der Waals surface area contributed by atoms with Crippen LogP contribution in [0, 0.1) is 0 Å². The van der Waals surface area contributed by atoms with Gasteiger partial charge in [0.25, 0.3) is 0 Å². The highest BCUT2D eigenvalue weighted by atomic mass is 35.5. The number of hydrogen-bond donors (Lipinski definition) is 1. The van der Waals surface area contributed by atoms with Gasteiger partial charge in [0.1, 0.15) is 0 Å². The van der Waals surface area contributed by atoms with Crippen LogP contribution >= 0.6 is 24.8 Å². The average Bonchev–Trinajstić information content (AvgIpc) is 3.32. The summed E-state index contributed by atoms with van der Waals surface area (Å²) in [5.74, 6) is 0.613. The first kappa shape index (κ1) is 16.2. The third-order valence-electron chi connectivity index (χ3n) is 4.06. The van der Waals surface area contributed by atoms with E-state index >= 15 is 0 Å². The molecule has 0 atom stereocenters. The fraction of sp³-hybridized carbons (Fsp3) is 0.500. The molecular weight excluding hydrogens is 309 g/mol. The number of hydrogen-bond acceptors (Lipinski definition) is 4. The summed E-state index contributed by atoms with van der Waals surface area (Å²) in [5, 5.41) is 13.2. The Kier molecular flexibility index (Phi) is 4.29. The predicted octanol–water partition coefficient (Wildman–Crippen LogP) is 2.55. The van der Waals surface area contributed by atoms with E-state index in [0.717, 1.165) is 29.8 Å². The van der Waals surface area contributed by atoms with E-state index in [4.69, 9.17) is 5.73 Å². The summed E-state index contributed by atoms with van der Waals surface area (Å²) in [5.41, 5.74) is 10.0. The van der Waals surface area contributed by atoms with Gasteiger partial charge in [-0.2, -0.15) is 15.3 Å². The number of aryl methyl sites for hydroxylation is 1. The molecule has 114 valence electrons. The molecule has 5 nitrogen and oxygen atoms in total. The van der Waals surface area contributed by atoms with Crippen molar-refractivity contribution in [1.29, 1.82) is 0 Å². The number of aromatic nitrogens is 4. The van der Waals surface area contributed by atoms with Crippen molar-refractivity contribution < 1.29 is 0 Å². The van der Waals surface area contributed by atoms with Crippen LogP contribution < -0.4 is 5.73 Å². The SMILES string of the molecule is Cl.Cl.Cn1cc(-c2ccc(C3(N)CC3)nn2)c(C2CC2)n1. The van der Waals surface area contributed by atoms with E-state index in [-0.39, 0.29) is 30.4 Å². The largest absolute Gasteiger partial charge is 0.320 e. The molecule has 2 fully saturated rings. The number of halogens is 2. The summed E-state index contributed by atoms with van der Waals surface area (Å²) >= 11 is 0. The maximum absolute atomic E-state index is 6.13. The van der Waals surface area contributed by atoms with Crippen molar-refractivity contribution in [3.63, 3.8) is 0 Å². The molecule has 2 aromatic heterocycles. The van der Waals surface area contributed by atoms with Gasteiger partial charge in [0.2, 0.25) is 0 Å². The highest BCUT2D eigenvalue weighted by Crippen LogP contribution is 2.44. The second-order valence-corrected chi connectivity index (χ2v) is 5.84. The second kappa shape index (κ2) is 5.55. The fourth-order valence-corrected chi connectivity index (χ4v) is 2.49. The molecule has 0 amide bonds. The molecule has 0 spiro atoms. The molecule has 21 heavy (non-hydrogen) atoms. The van der Waals surface area contributed by atoms with E-state index in [9.17, 15) is 0 Å². The predicted molar refractivity (Wildman–Crippen MR) is 85.8 cm³/mol. The van der Waals surface area contributed by atoms with Crippen molar-refractivity contribution in [3.8, 4) is 11.3 Å². The van der Waals surface area contributed by atoms with Gasteiger partial charge in [-0.25, -0.2) is 0 Å². The lowest BCUT2D eigenvalue weighted by atomic mass is 10.1. The number of rotatable bonds is 3. The van der Waals surface area contributed by atoms with Gasteiger partial charge in [-0.15, -0.1) is 24.8 Å². The van der Waals surface area contributed by atoms with Crippen LogP contribution in [0.2, 0.25) is 0 Å². The van der Waals surface area contributed by atoms with E-state index in [1.807, 2.05) is 30.1 Å². The molecular formula is C14H19Cl2N5. The Morgan fingerprint density at radius 1 is 1.19 bits per heavy atom. The summed E-state index contributed by atoms with van der Waals surface area (Å²) in [6, 6.07) is 4.04. The monoisotopic (exact) mass is 327 g/mol. The Hall–Kier alpha value is -1.17. The average molecular weight is 328 g/mol. The van der Waals surface area contributed by atoms with Gasteiger partial charge in [0, 0.05) is 24.7 Å². The van der Waals surface area contributed by atoms with Gasteiger partial charge in [-0.1, -0.05) is 0 Å². The summed E-state index contributed by atoms with van der Waals surface area (Å²) in [6.45, 7) is 0. The van der Waals surface area contributed by atoms with Crippen molar-refractivity contribution in [2.75, 3.05) is 0 Å². The zero-order valence-corrected chi connectivity index (χ0v) is 13.5. The molecule has 0 unspecified atom stereocenters. The maximum atomic E-state index is 6.13. The Balaban J connectivity index is 0.000000807. The fourth-order valence-electron chi connectivity index (χ4n) is 2.49. The second-order valence-electron chi connectivity index (χ2n) is 5.84. The van der Waals surface area contributed by atoms with Crippen LogP contribution in [0.4, 0.5) is 0 Å². The molecule has 2 heterocycles. The molecule has 0 bridgehead atoms. The first-order valence-electron chi connectivity index (χ1n) is 6.83. The van der Waals surface area contributed by atoms with Gasteiger partial charge >= 0.3 is 0 Å². The Labute approximate surface area is 136 Å². The molecule has 2 aromatic rings. The van der Waals surface area contributed by atoms with Crippen LogP contribution in [0.5, 0.6) is 0 Å². The van der Waals surface area contributed by atoms with Crippen molar-refractivity contribution in [1.82, 2.24) is 20.0 Å². The van der Waals surface area contributed by atoms with Crippen molar-refractivity contribution in [2.24, 2.45) is 12.8 Å². The highest BCUT2D eigenvalue weighted by Gasteiger charge is 2.41. The van der Waals surface area contributed by atoms with E-state index < -0.39 is 0 Å². The van der Waals surface area contributed by atoms with Crippen molar-refractivity contribution in [2.45, 2.75) is 37.1 Å². The summed E-state index contributed by atoms with van der Waals surface area (Å²) < 4.78 is 1.86. The normalized spacial score (nSPS) is 18.6. The van der Waals surface area contributed by atoms with E-state index in [0.29, 0.717) is 5.92 Å². The zero-order valence-electron chi connectivity index (χ0n) is 11.8. The van der Waals surface area contributed by atoms with E-state index in [1.165, 1.54) is 18.5 Å². The maximum Gasteiger partial charge on any atom is 0.0964 e. The number of nitrogens with two attached hydrogens (primary N) is 1. The molecule has 2 N–H and O–H groups in total. The minimum atomic E-state index is -0.209. The molecule has 2 aliphatic carbocycles. The van der Waals surface area contributed by atoms with Gasteiger partial charge in [-0.3, -0.25) is 4.68 Å². The standard InChI is InChI=1S/C14H17N5.2ClH/c1-19-8-10(13(18-19)9-2-3-9)11-4-5-12(17-16-11)14(15)6-7-14;;/h4-5,8-9H,2-3,6-7,15H2,1H3;2*1H. The first-order chi connectivity index (χ1) is 9.16. The minimum Gasteiger partial charge on any atom is -0.320 e. The zero-order chi connectivity index (χ0) is 13.0. The van der Waals surface area contributed by atoms with Gasteiger partial charge in [-0.05, 0) is 37.8 Å². The van der Waals surface area contributed by atoms with Crippen LogP contribution in [0.1, 0.15) is 43.0 Å². The molecule has 2 saturated carbocycles. The molecule has 7 heteroatoms. The van der Waals surface area contributed by atoms with Crippen LogP contribution in [-0.2, 0) is 12.6 Å². The Morgan fingerprint density at radius 2 is 1.90 bits per heavy atom. The minimum absolute atomic E-state index is 0. The smallest absolute Gasteiger partial charge is 0.0964 e. The van der Waals surface area contributed by atoms with Crippen molar-refractivity contribution >= 4 is 24.8 Å². The van der Waals surface area contributed by atoms with Gasteiger partial charge < -0.3 is 5.73 Å². The van der Waals surface area contributed by atoms with Crippen LogP contribution in [0.3, 0.4) is 0 Å². The first-order valence-corrected chi connectivity index (χ1v) is 6.83. The molecule has 2 aliphatic rings. The molecule has 0 aromatic carbocycles. The van der Waals surface area contributed by atoms with Gasteiger partial charge in [0.15, 0.2) is 0 Å². The molecule has 0 radical (unpaired) electrons. The lowest BCUT2D eigenvalue weighted by Gasteiger charge is -2.07. The summed E-state index contributed by atoms with van der Waals surface area (Å²) in [4.78, 5) is 0. The van der Waals surface area contributed by atoms with Crippen LogP contribution in [0.15, 0.2) is 18.3 Å². The lowest BCUT2D eigenvalue weighted by molar-refractivity contribution is 0.688. The van der Waals surface area contributed by atoms with Crippen LogP contribution in [0.25, 0.3) is 11.3 Å². The summed E-state index contributed by atoms with van der Waals surface area (Å²) in [7, 11) is 1.95. The number of nitrogens with zero attached hydrogens (tertiary/aromatic N) is 4. The summed E-state index contributed by atoms with van der Waals surface area (Å²) in [6.07, 6.45) is 6.54. The highest BCUT2D eigenvalue weighted by molar-refractivity contribution is 5.85. The van der Waals surface area contributed by atoms with Gasteiger partial charge in [0.05, 0.1) is 22.6 Å². The van der Waals surface area contributed by atoms with E-state index in [1.54, 1.807) is 0 Å². The lowest BCUT2D eigenvalue weighted by Crippen LogP contribution is -2.20. The van der Waals surface area contributed by atoms with E-state index in [2.05, 4.69) is 15.3 Å². The Morgan fingerprint density at radius 3 is 2.43 bits per heavy atom. The molecule has 0 aliphatic heterocycles. The third kappa shape index (κ3) is 2.91. The van der Waals surface area contributed by atoms with Crippen LogP contribution in [-0.4, -0.2) is 20.0 Å². The molecule has 0 saturated heterocycles. The Bertz CT molecular complexity index is 629. The third-order valence-corrected chi connectivity index (χ3v) is 4.06. The molecule has 4 rings (SSSR count). The van der Waals surface area contributed by atoms with Crippen molar-refractivity contribution in [3.05, 3.63) is 29.7 Å².